The van der Waals surface area contributed by atoms with E-state index in [9.17, 15) is 4.79 Å². The second kappa shape index (κ2) is 7.55. The van der Waals surface area contributed by atoms with E-state index in [2.05, 4.69) is 10.4 Å². The van der Waals surface area contributed by atoms with Crippen LogP contribution in [0.15, 0.2) is 60.8 Å². The number of carbonyl (C=O) groups is 1. The number of aryl methyl sites for hydroxylation is 1. The molecule has 1 saturated heterocycles. The topological polar surface area (TPSA) is 56.2 Å². The molecule has 138 valence electrons. The molecule has 1 N–H and O–H groups in total. The van der Waals surface area contributed by atoms with E-state index >= 15 is 0 Å². The van der Waals surface area contributed by atoms with Crippen molar-refractivity contribution in [1.82, 2.24) is 15.1 Å². The number of rotatable bonds is 4. The summed E-state index contributed by atoms with van der Waals surface area (Å²) in [4.78, 5) is 13.0. The zero-order valence-electron chi connectivity index (χ0n) is 14.9. The summed E-state index contributed by atoms with van der Waals surface area (Å²) in [7, 11) is 1.79. The first-order valence-electron chi connectivity index (χ1n) is 8.89. The summed E-state index contributed by atoms with van der Waals surface area (Å²) in [6.07, 6.45) is 2.35. The van der Waals surface area contributed by atoms with Gasteiger partial charge in [-0.2, -0.15) is 5.10 Å². The second-order valence-corrected chi connectivity index (χ2v) is 7.02. The molecule has 6 heteroatoms. The molecule has 0 radical (unpaired) electrons. The third-order valence-corrected chi connectivity index (χ3v) is 5.07. The van der Waals surface area contributed by atoms with Crippen LogP contribution in [0.3, 0.4) is 0 Å². The number of carbonyl (C=O) groups excluding carboxylic acids is 1. The average molecular weight is 382 g/mol. The number of nitrogens with one attached hydrogen (secondary N) is 1. The molecule has 0 aliphatic carbocycles. The Morgan fingerprint density at radius 1 is 1.19 bits per heavy atom. The molecule has 2 unspecified atom stereocenters. The van der Waals surface area contributed by atoms with Gasteiger partial charge in [0.1, 0.15) is 11.8 Å². The SMILES string of the molecule is Cn1cc(C(=O)NC2CCOC2c2ccccc2)c(-c2ccccc2Cl)n1. The zero-order chi connectivity index (χ0) is 18.8. The molecule has 2 aromatic carbocycles. The van der Waals surface area contributed by atoms with Gasteiger partial charge in [-0.25, -0.2) is 0 Å². The lowest BCUT2D eigenvalue weighted by Gasteiger charge is -2.20. The van der Waals surface area contributed by atoms with Crippen molar-refractivity contribution in [3.63, 3.8) is 0 Å². The first-order valence-corrected chi connectivity index (χ1v) is 9.27. The van der Waals surface area contributed by atoms with Crippen molar-refractivity contribution in [1.29, 1.82) is 0 Å². The van der Waals surface area contributed by atoms with Crippen LogP contribution in [0.1, 0.15) is 28.4 Å². The smallest absolute Gasteiger partial charge is 0.255 e. The van der Waals surface area contributed by atoms with Gasteiger partial charge in [0, 0.05) is 25.4 Å². The molecule has 1 aliphatic rings. The van der Waals surface area contributed by atoms with Crippen LogP contribution in [0.2, 0.25) is 5.02 Å². The second-order valence-electron chi connectivity index (χ2n) is 6.62. The van der Waals surface area contributed by atoms with E-state index in [1.807, 2.05) is 48.5 Å². The maximum absolute atomic E-state index is 13.0. The van der Waals surface area contributed by atoms with Gasteiger partial charge in [0.05, 0.1) is 16.6 Å². The van der Waals surface area contributed by atoms with Crippen molar-refractivity contribution in [2.24, 2.45) is 7.05 Å². The van der Waals surface area contributed by atoms with E-state index < -0.39 is 0 Å². The van der Waals surface area contributed by atoms with Gasteiger partial charge in [-0.3, -0.25) is 9.48 Å². The summed E-state index contributed by atoms with van der Waals surface area (Å²) in [5.74, 6) is -0.172. The van der Waals surface area contributed by atoms with E-state index in [0.29, 0.717) is 22.9 Å². The third kappa shape index (κ3) is 3.61. The highest BCUT2D eigenvalue weighted by atomic mass is 35.5. The predicted molar refractivity (Wildman–Crippen MR) is 105 cm³/mol. The van der Waals surface area contributed by atoms with Gasteiger partial charge in [-0.1, -0.05) is 60.1 Å². The number of benzene rings is 2. The molecular formula is C21H20ClN3O2. The molecule has 1 fully saturated rings. The van der Waals surface area contributed by atoms with Crippen LogP contribution >= 0.6 is 11.6 Å². The Hall–Kier alpha value is -2.63. The van der Waals surface area contributed by atoms with Gasteiger partial charge in [-0.15, -0.1) is 0 Å². The molecule has 1 aromatic heterocycles. The third-order valence-electron chi connectivity index (χ3n) is 4.74. The molecule has 0 saturated carbocycles. The fraction of sp³-hybridized carbons (Fsp3) is 0.238. The van der Waals surface area contributed by atoms with E-state index in [1.165, 1.54) is 0 Å². The Morgan fingerprint density at radius 2 is 1.93 bits per heavy atom. The van der Waals surface area contributed by atoms with Crippen LogP contribution in [0.25, 0.3) is 11.3 Å². The molecule has 5 nitrogen and oxygen atoms in total. The molecule has 0 spiro atoms. The summed E-state index contributed by atoms with van der Waals surface area (Å²) in [5, 5.41) is 8.15. The molecule has 2 heterocycles. The molecule has 3 aromatic rings. The molecular weight excluding hydrogens is 362 g/mol. The minimum Gasteiger partial charge on any atom is -0.371 e. The van der Waals surface area contributed by atoms with Crippen molar-refractivity contribution in [2.75, 3.05) is 6.61 Å². The number of aromatic nitrogens is 2. The largest absolute Gasteiger partial charge is 0.371 e. The number of hydrogen-bond acceptors (Lipinski definition) is 3. The quantitative estimate of drug-likeness (QED) is 0.743. The van der Waals surface area contributed by atoms with Crippen LogP contribution in [0.4, 0.5) is 0 Å². The van der Waals surface area contributed by atoms with Gasteiger partial charge < -0.3 is 10.1 Å². The van der Waals surface area contributed by atoms with Gasteiger partial charge in [0.2, 0.25) is 0 Å². The Balaban J connectivity index is 1.60. The van der Waals surface area contributed by atoms with Crippen molar-refractivity contribution >= 4 is 17.5 Å². The van der Waals surface area contributed by atoms with Crippen molar-refractivity contribution in [2.45, 2.75) is 18.6 Å². The van der Waals surface area contributed by atoms with Crippen molar-refractivity contribution in [3.8, 4) is 11.3 Å². The van der Waals surface area contributed by atoms with Gasteiger partial charge in [-0.05, 0) is 18.1 Å². The van der Waals surface area contributed by atoms with Crippen molar-refractivity contribution in [3.05, 3.63) is 76.9 Å². The van der Waals surface area contributed by atoms with E-state index in [1.54, 1.807) is 24.0 Å². The number of halogens is 1. The van der Waals surface area contributed by atoms with Gasteiger partial charge in [0.25, 0.3) is 5.91 Å². The molecule has 1 aliphatic heterocycles. The monoisotopic (exact) mass is 381 g/mol. The molecule has 2 atom stereocenters. The summed E-state index contributed by atoms with van der Waals surface area (Å²) in [6, 6.07) is 17.3. The number of hydrogen-bond donors (Lipinski definition) is 1. The van der Waals surface area contributed by atoms with Crippen LogP contribution in [-0.4, -0.2) is 28.3 Å². The van der Waals surface area contributed by atoms with E-state index in [4.69, 9.17) is 16.3 Å². The highest BCUT2D eigenvalue weighted by molar-refractivity contribution is 6.33. The maximum Gasteiger partial charge on any atom is 0.255 e. The summed E-state index contributed by atoms with van der Waals surface area (Å²) < 4.78 is 7.50. The van der Waals surface area contributed by atoms with E-state index in [-0.39, 0.29) is 18.1 Å². The number of amides is 1. The fourth-order valence-electron chi connectivity index (χ4n) is 3.46. The number of ether oxygens (including phenoxy) is 1. The first-order chi connectivity index (χ1) is 13.1. The Labute approximate surface area is 162 Å². The molecule has 27 heavy (non-hydrogen) atoms. The highest BCUT2D eigenvalue weighted by Crippen LogP contribution is 2.31. The zero-order valence-corrected chi connectivity index (χ0v) is 15.7. The lowest BCUT2D eigenvalue weighted by Crippen LogP contribution is -2.36. The van der Waals surface area contributed by atoms with Crippen LogP contribution in [0.5, 0.6) is 0 Å². The minimum absolute atomic E-state index is 0.0841. The lowest BCUT2D eigenvalue weighted by atomic mass is 10.0. The highest BCUT2D eigenvalue weighted by Gasteiger charge is 2.32. The summed E-state index contributed by atoms with van der Waals surface area (Å²) >= 11 is 6.32. The Morgan fingerprint density at radius 3 is 2.70 bits per heavy atom. The normalized spacial score (nSPS) is 19.2. The lowest BCUT2D eigenvalue weighted by molar-refractivity contribution is 0.0822. The average Bonchev–Trinajstić information content (AvgIpc) is 3.29. The maximum atomic E-state index is 13.0. The van der Waals surface area contributed by atoms with Gasteiger partial charge >= 0.3 is 0 Å². The number of nitrogens with zero attached hydrogens (tertiary/aromatic N) is 2. The van der Waals surface area contributed by atoms with Gasteiger partial charge in [0.15, 0.2) is 0 Å². The summed E-state index contributed by atoms with van der Waals surface area (Å²) in [6.45, 7) is 0.620. The Bertz CT molecular complexity index is 955. The molecule has 4 rings (SSSR count). The van der Waals surface area contributed by atoms with E-state index in [0.717, 1.165) is 17.5 Å². The molecule has 0 bridgehead atoms. The van der Waals surface area contributed by atoms with Crippen molar-refractivity contribution < 1.29 is 9.53 Å². The van der Waals surface area contributed by atoms with Crippen LogP contribution in [0, 0.1) is 0 Å². The van der Waals surface area contributed by atoms with Crippen LogP contribution < -0.4 is 5.32 Å². The Kier molecular flexibility index (Phi) is 4.97. The van der Waals surface area contributed by atoms with Crippen LogP contribution in [-0.2, 0) is 11.8 Å². The summed E-state index contributed by atoms with van der Waals surface area (Å²) in [5.41, 5.74) is 2.89. The predicted octanol–water partition coefficient (Wildman–Crippen LogP) is 4.00. The first kappa shape index (κ1) is 17.8. The minimum atomic E-state index is -0.172. The molecule has 1 amide bonds. The standard InChI is InChI=1S/C21H20ClN3O2/c1-25-13-16(19(24-25)15-9-5-6-10-17(15)22)21(26)23-18-11-12-27-20(18)14-7-3-2-4-8-14/h2-10,13,18,20H,11-12H2,1H3,(H,23,26). The fourth-order valence-corrected chi connectivity index (χ4v) is 3.69.